The molecule has 0 unspecified atom stereocenters. The number of furan rings is 1. The van der Waals surface area contributed by atoms with E-state index in [2.05, 4.69) is 9.97 Å². The zero-order chi connectivity index (χ0) is 18.8. The van der Waals surface area contributed by atoms with Crippen molar-refractivity contribution in [1.29, 1.82) is 0 Å². The first-order chi connectivity index (χ1) is 12.4. The number of benzene rings is 1. The molecule has 3 aromatic rings. The fourth-order valence-electron chi connectivity index (χ4n) is 2.74. The number of ether oxygens (including phenoxy) is 2. The van der Waals surface area contributed by atoms with E-state index in [4.69, 9.17) is 19.6 Å². The minimum absolute atomic E-state index is 0.103. The van der Waals surface area contributed by atoms with Crippen LogP contribution in [0, 0.1) is 27.7 Å². The molecule has 0 atom stereocenters. The number of para-hydroxylation sites is 1. The Balaban J connectivity index is 1.64. The van der Waals surface area contributed by atoms with Crippen molar-refractivity contribution in [2.45, 2.75) is 34.3 Å². The zero-order valence-corrected chi connectivity index (χ0v) is 15.3. The first kappa shape index (κ1) is 17.7. The Morgan fingerprint density at radius 2 is 1.85 bits per heavy atom. The molecule has 2 heterocycles. The number of hydrogen-bond acceptors (Lipinski definition) is 7. The van der Waals surface area contributed by atoms with Crippen LogP contribution in [0.25, 0.3) is 11.1 Å². The normalized spacial score (nSPS) is 10.9. The van der Waals surface area contributed by atoms with Crippen molar-refractivity contribution in [2.75, 3.05) is 12.3 Å². The fraction of sp³-hybridized carbons (Fsp3) is 0.316. The van der Waals surface area contributed by atoms with Crippen molar-refractivity contribution < 1.29 is 18.7 Å². The molecule has 0 fully saturated rings. The highest BCUT2D eigenvalue weighted by atomic mass is 16.6. The number of rotatable bonds is 5. The molecule has 7 heteroatoms. The van der Waals surface area contributed by atoms with Crippen molar-refractivity contribution >= 4 is 22.9 Å². The average molecular weight is 355 g/mol. The summed E-state index contributed by atoms with van der Waals surface area (Å²) in [6.07, 6.45) is 0. The lowest BCUT2D eigenvalue weighted by Gasteiger charge is -2.11. The maximum absolute atomic E-state index is 12.0. The van der Waals surface area contributed by atoms with E-state index in [-0.39, 0.29) is 19.0 Å². The third-order valence-electron chi connectivity index (χ3n) is 4.21. The number of carbonyl (C=O) groups is 1. The molecule has 0 saturated carbocycles. The molecule has 0 bridgehead atoms. The van der Waals surface area contributed by atoms with Gasteiger partial charge in [0.05, 0.1) is 5.39 Å². The number of nitrogens with zero attached hydrogens (tertiary/aromatic N) is 2. The average Bonchev–Trinajstić information content (AvgIpc) is 2.87. The Bertz CT molecular complexity index is 958. The molecule has 0 radical (unpaired) electrons. The van der Waals surface area contributed by atoms with Gasteiger partial charge in [0.25, 0.3) is 0 Å². The van der Waals surface area contributed by atoms with Crippen LogP contribution in [0.5, 0.6) is 5.75 Å². The van der Waals surface area contributed by atoms with Gasteiger partial charge in [0, 0.05) is 5.56 Å². The third-order valence-corrected chi connectivity index (χ3v) is 4.21. The maximum atomic E-state index is 12.0. The van der Waals surface area contributed by atoms with Gasteiger partial charge in [0.1, 0.15) is 17.3 Å². The summed E-state index contributed by atoms with van der Waals surface area (Å²) in [5.41, 5.74) is 9.19. The molecular weight excluding hydrogens is 334 g/mol. The molecule has 0 amide bonds. The van der Waals surface area contributed by atoms with E-state index in [1.807, 2.05) is 45.9 Å². The SMILES string of the molecule is Cc1cccc(C)c1OCC(=O)OCc1nc(N)c2c(C)c(C)oc2n1. The second kappa shape index (κ2) is 7.03. The van der Waals surface area contributed by atoms with E-state index in [1.165, 1.54) is 0 Å². The van der Waals surface area contributed by atoms with Gasteiger partial charge in [-0.25, -0.2) is 9.78 Å². The standard InChI is InChI=1S/C19H21N3O4/c1-10-6-5-7-11(2)17(10)25-9-15(23)24-8-14-21-18(20)16-12(3)13(4)26-19(16)22-14/h5-7H,8-9H2,1-4H3,(H2,20,21,22). The summed E-state index contributed by atoms with van der Waals surface area (Å²) in [4.78, 5) is 20.4. The number of anilines is 1. The van der Waals surface area contributed by atoms with E-state index >= 15 is 0 Å². The molecular formula is C19H21N3O4. The van der Waals surface area contributed by atoms with Crippen LogP contribution in [0.2, 0.25) is 0 Å². The Labute approximate surface area is 151 Å². The molecule has 3 rings (SSSR count). The number of nitrogens with two attached hydrogens (primary N) is 1. The molecule has 2 N–H and O–H groups in total. The lowest BCUT2D eigenvalue weighted by atomic mass is 10.1. The molecule has 0 aliphatic rings. The van der Waals surface area contributed by atoms with E-state index in [0.29, 0.717) is 22.7 Å². The van der Waals surface area contributed by atoms with Crippen molar-refractivity contribution in [3.8, 4) is 5.75 Å². The zero-order valence-electron chi connectivity index (χ0n) is 15.3. The minimum Gasteiger partial charge on any atom is -0.481 e. The number of fused-ring (bicyclic) bond motifs is 1. The first-order valence-corrected chi connectivity index (χ1v) is 8.23. The molecule has 136 valence electrons. The van der Waals surface area contributed by atoms with Crippen LogP contribution in [0.4, 0.5) is 5.82 Å². The largest absolute Gasteiger partial charge is 0.481 e. The first-order valence-electron chi connectivity index (χ1n) is 8.23. The number of hydrogen-bond donors (Lipinski definition) is 1. The highest BCUT2D eigenvalue weighted by Crippen LogP contribution is 2.27. The molecule has 26 heavy (non-hydrogen) atoms. The van der Waals surface area contributed by atoms with Gasteiger partial charge in [-0.15, -0.1) is 0 Å². The van der Waals surface area contributed by atoms with Crippen LogP contribution in [0.15, 0.2) is 22.6 Å². The topological polar surface area (TPSA) is 100 Å². The van der Waals surface area contributed by atoms with E-state index in [9.17, 15) is 4.79 Å². The molecule has 0 aliphatic carbocycles. The fourth-order valence-corrected chi connectivity index (χ4v) is 2.74. The summed E-state index contributed by atoms with van der Waals surface area (Å²) in [6, 6.07) is 5.78. The molecule has 7 nitrogen and oxygen atoms in total. The van der Waals surface area contributed by atoms with Crippen molar-refractivity contribution in [3.05, 3.63) is 46.5 Å². The summed E-state index contributed by atoms with van der Waals surface area (Å²) in [5.74, 6) is 1.50. The van der Waals surface area contributed by atoms with Gasteiger partial charge >= 0.3 is 5.97 Å². The Hall–Kier alpha value is -3.09. The van der Waals surface area contributed by atoms with Crippen LogP contribution in [-0.2, 0) is 16.1 Å². The van der Waals surface area contributed by atoms with Gasteiger partial charge in [-0.2, -0.15) is 4.98 Å². The van der Waals surface area contributed by atoms with Crippen molar-refractivity contribution in [1.82, 2.24) is 9.97 Å². The van der Waals surface area contributed by atoms with Crippen molar-refractivity contribution in [2.24, 2.45) is 0 Å². The second-order valence-electron chi connectivity index (χ2n) is 6.16. The summed E-state index contributed by atoms with van der Waals surface area (Å²) in [7, 11) is 0. The van der Waals surface area contributed by atoms with E-state index in [1.54, 1.807) is 0 Å². The number of aryl methyl sites for hydroxylation is 4. The quantitative estimate of drug-likeness (QED) is 0.702. The second-order valence-corrected chi connectivity index (χ2v) is 6.16. The Morgan fingerprint density at radius 1 is 1.15 bits per heavy atom. The van der Waals surface area contributed by atoms with Gasteiger partial charge < -0.3 is 19.6 Å². The molecule has 2 aromatic heterocycles. The third kappa shape index (κ3) is 3.46. The summed E-state index contributed by atoms with van der Waals surface area (Å²) in [5, 5.41) is 0.691. The van der Waals surface area contributed by atoms with Crippen LogP contribution in [0.1, 0.15) is 28.3 Å². The van der Waals surface area contributed by atoms with E-state index in [0.717, 1.165) is 22.5 Å². The monoisotopic (exact) mass is 355 g/mol. The highest BCUT2D eigenvalue weighted by molar-refractivity contribution is 5.88. The summed E-state index contributed by atoms with van der Waals surface area (Å²) >= 11 is 0. The number of nitrogen functional groups attached to an aromatic ring is 1. The molecule has 0 aliphatic heterocycles. The molecule has 0 spiro atoms. The van der Waals surface area contributed by atoms with Gasteiger partial charge in [-0.1, -0.05) is 18.2 Å². The van der Waals surface area contributed by atoms with Gasteiger partial charge in [-0.05, 0) is 38.8 Å². The summed E-state index contributed by atoms with van der Waals surface area (Å²) < 4.78 is 16.3. The number of esters is 1. The number of carbonyl (C=O) groups excluding carboxylic acids is 1. The minimum atomic E-state index is -0.512. The van der Waals surface area contributed by atoms with Gasteiger partial charge in [-0.3, -0.25) is 0 Å². The highest BCUT2D eigenvalue weighted by Gasteiger charge is 2.15. The van der Waals surface area contributed by atoms with Crippen LogP contribution >= 0.6 is 0 Å². The lowest BCUT2D eigenvalue weighted by molar-refractivity contribution is -0.147. The predicted molar refractivity (Wildman–Crippen MR) is 96.9 cm³/mol. The Kier molecular flexibility index (Phi) is 4.79. The smallest absolute Gasteiger partial charge is 0.344 e. The maximum Gasteiger partial charge on any atom is 0.344 e. The van der Waals surface area contributed by atoms with Crippen LogP contribution in [-0.4, -0.2) is 22.5 Å². The van der Waals surface area contributed by atoms with Crippen LogP contribution < -0.4 is 10.5 Å². The van der Waals surface area contributed by atoms with E-state index < -0.39 is 5.97 Å². The van der Waals surface area contributed by atoms with Crippen molar-refractivity contribution in [3.63, 3.8) is 0 Å². The van der Waals surface area contributed by atoms with Gasteiger partial charge in [0.15, 0.2) is 19.0 Å². The molecule has 0 saturated heterocycles. The summed E-state index contributed by atoms with van der Waals surface area (Å²) in [6.45, 7) is 7.28. The predicted octanol–water partition coefficient (Wildman–Crippen LogP) is 3.16. The lowest BCUT2D eigenvalue weighted by Crippen LogP contribution is -2.16. The van der Waals surface area contributed by atoms with Gasteiger partial charge in [0.2, 0.25) is 5.71 Å². The molecule has 1 aromatic carbocycles. The van der Waals surface area contributed by atoms with Crippen LogP contribution in [0.3, 0.4) is 0 Å². The Morgan fingerprint density at radius 3 is 2.54 bits per heavy atom. The number of aromatic nitrogens is 2.